The molecule has 5 nitrogen and oxygen atoms in total. The molecule has 0 aliphatic carbocycles. The van der Waals surface area contributed by atoms with Crippen molar-refractivity contribution in [1.29, 1.82) is 0 Å². The number of carbonyl (C=O) groups is 3. The number of urea groups is 1. The molecule has 4 amide bonds. The van der Waals surface area contributed by atoms with Gasteiger partial charge in [0.05, 0.1) is 6.54 Å². The first-order valence-corrected chi connectivity index (χ1v) is 5.68. The van der Waals surface area contributed by atoms with Gasteiger partial charge < -0.3 is 0 Å². The van der Waals surface area contributed by atoms with E-state index >= 15 is 0 Å². The van der Waals surface area contributed by atoms with Crippen molar-refractivity contribution >= 4 is 33.8 Å². The van der Waals surface area contributed by atoms with Crippen LogP contribution in [0.15, 0.2) is 28.7 Å². The lowest BCUT2D eigenvalue weighted by Gasteiger charge is -2.12. The van der Waals surface area contributed by atoms with E-state index in [1.807, 2.05) is 6.07 Å². The first-order valence-electron chi connectivity index (χ1n) is 4.88. The molecule has 1 aromatic carbocycles. The lowest BCUT2D eigenvalue weighted by atomic mass is 10.2. The topological polar surface area (TPSA) is 57.7 Å². The van der Waals surface area contributed by atoms with E-state index in [9.17, 15) is 14.4 Å². The summed E-state index contributed by atoms with van der Waals surface area (Å²) < 4.78 is 0.855. The Bertz CT molecular complexity index is 515. The minimum absolute atomic E-state index is 0.104. The maximum atomic E-state index is 11.6. The van der Waals surface area contributed by atoms with Crippen LogP contribution in [0.1, 0.15) is 5.56 Å². The Labute approximate surface area is 106 Å². The minimum atomic E-state index is -0.787. The Morgan fingerprint density at radius 3 is 2.41 bits per heavy atom. The molecule has 1 fully saturated rings. The number of rotatable bonds is 2. The van der Waals surface area contributed by atoms with E-state index in [2.05, 4.69) is 15.9 Å². The molecular weight excluding hydrogens is 288 g/mol. The predicted molar refractivity (Wildman–Crippen MR) is 62.9 cm³/mol. The lowest BCUT2D eigenvalue weighted by molar-refractivity contribution is -0.143. The molecule has 0 atom stereocenters. The molecule has 1 aliphatic rings. The van der Waals surface area contributed by atoms with Crippen LogP contribution in [0.4, 0.5) is 4.79 Å². The van der Waals surface area contributed by atoms with Gasteiger partial charge in [0, 0.05) is 11.5 Å². The molecule has 0 unspecified atom stereocenters. The number of hydrogen-bond donors (Lipinski definition) is 0. The second-order valence-electron chi connectivity index (χ2n) is 3.67. The maximum absolute atomic E-state index is 11.6. The molecular formula is C11H9BrN2O3. The highest BCUT2D eigenvalue weighted by Gasteiger charge is 2.41. The highest BCUT2D eigenvalue weighted by molar-refractivity contribution is 9.10. The number of carbonyl (C=O) groups excluding carboxylic acids is 3. The Morgan fingerprint density at radius 2 is 1.88 bits per heavy atom. The number of imide groups is 2. The van der Waals surface area contributed by atoms with Crippen molar-refractivity contribution in [2.24, 2.45) is 0 Å². The first kappa shape index (κ1) is 11.8. The molecule has 88 valence electrons. The first-order chi connectivity index (χ1) is 8.00. The zero-order valence-corrected chi connectivity index (χ0v) is 10.6. The van der Waals surface area contributed by atoms with Crippen molar-refractivity contribution < 1.29 is 14.4 Å². The number of amides is 4. The van der Waals surface area contributed by atoms with Gasteiger partial charge in [-0.25, -0.2) is 4.79 Å². The standard InChI is InChI=1S/C11H9BrN2O3/c1-13-9(15)10(16)14(11(13)17)6-7-3-2-4-8(12)5-7/h2-5H,6H2,1H3. The summed E-state index contributed by atoms with van der Waals surface area (Å²) in [7, 11) is 1.30. The van der Waals surface area contributed by atoms with E-state index in [0.717, 1.165) is 19.8 Å². The van der Waals surface area contributed by atoms with Crippen LogP contribution in [0.2, 0.25) is 0 Å². The molecule has 1 aliphatic heterocycles. The quantitative estimate of drug-likeness (QED) is 0.612. The molecule has 1 heterocycles. The van der Waals surface area contributed by atoms with Crippen LogP contribution in [0, 0.1) is 0 Å². The van der Waals surface area contributed by atoms with Crippen LogP contribution < -0.4 is 0 Å². The van der Waals surface area contributed by atoms with Crippen molar-refractivity contribution in [3.63, 3.8) is 0 Å². The zero-order valence-electron chi connectivity index (χ0n) is 9.01. The van der Waals surface area contributed by atoms with Gasteiger partial charge in [-0.05, 0) is 17.7 Å². The van der Waals surface area contributed by atoms with Crippen molar-refractivity contribution in [2.75, 3.05) is 7.05 Å². The SMILES string of the molecule is CN1C(=O)C(=O)N(Cc2cccc(Br)c2)C1=O. The fourth-order valence-corrected chi connectivity index (χ4v) is 2.02. The smallest absolute Gasteiger partial charge is 0.263 e. The highest BCUT2D eigenvalue weighted by Crippen LogP contribution is 2.17. The van der Waals surface area contributed by atoms with Gasteiger partial charge >= 0.3 is 17.8 Å². The fraction of sp³-hybridized carbons (Fsp3) is 0.182. The second-order valence-corrected chi connectivity index (χ2v) is 4.58. The van der Waals surface area contributed by atoms with Gasteiger partial charge in [-0.2, -0.15) is 0 Å². The Hall–Kier alpha value is -1.69. The molecule has 0 spiro atoms. The van der Waals surface area contributed by atoms with Gasteiger partial charge in [0.1, 0.15) is 0 Å². The largest absolute Gasteiger partial charge is 0.334 e. The molecule has 1 aromatic rings. The van der Waals surface area contributed by atoms with Crippen LogP contribution in [-0.4, -0.2) is 34.7 Å². The average Bonchev–Trinajstić information content (AvgIpc) is 2.47. The van der Waals surface area contributed by atoms with Crippen LogP contribution >= 0.6 is 15.9 Å². The summed E-state index contributed by atoms with van der Waals surface area (Å²) in [4.78, 5) is 36.2. The zero-order chi connectivity index (χ0) is 12.6. The number of likely N-dealkylation sites (N-methyl/N-ethyl adjacent to an activating group) is 1. The third kappa shape index (κ3) is 2.08. The van der Waals surface area contributed by atoms with E-state index in [1.165, 1.54) is 7.05 Å². The summed E-state index contributed by atoms with van der Waals surface area (Å²) >= 11 is 3.30. The van der Waals surface area contributed by atoms with Crippen LogP contribution in [-0.2, 0) is 16.1 Å². The second kappa shape index (κ2) is 4.29. The monoisotopic (exact) mass is 296 g/mol. The third-order valence-corrected chi connectivity index (χ3v) is 2.97. The fourth-order valence-electron chi connectivity index (χ4n) is 1.57. The number of nitrogens with zero attached hydrogens (tertiary/aromatic N) is 2. The molecule has 0 radical (unpaired) electrons. The van der Waals surface area contributed by atoms with E-state index in [4.69, 9.17) is 0 Å². The van der Waals surface area contributed by atoms with Crippen molar-refractivity contribution in [1.82, 2.24) is 9.80 Å². The summed E-state index contributed by atoms with van der Waals surface area (Å²) in [6.45, 7) is 0.104. The van der Waals surface area contributed by atoms with Gasteiger partial charge in [0.2, 0.25) is 0 Å². The summed E-state index contributed by atoms with van der Waals surface area (Å²) in [6.07, 6.45) is 0. The van der Waals surface area contributed by atoms with Crippen LogP contribution in [0.3, 0.4) is 0 Å². The molecule has 17 heavy (non-hydrogen) atoms. The van der Waals surface area contributed by atoms with Crippen molar-refractivity contribution in [2.45, 2.75) is 6.54 Å². The van der Waals surface area contributed by atoms with Gasteiger partial charge in [-0.15, -0.1) is 0 Å². The van der Waals surface area contributed by atoms with Gasteiger partial charge in [0.25, 0.3) is 0 Å². The van der Waals surface area contributed by atoms with E-state index in [-0.39, 0.29) is 6.54 Å². The molecule has 1 saturated heterocycles. The summed E-state index contributed by atoms with van der Waals surface area (Å²) in [5.41, 5.74) is 0.782. The molecule has 2 rings (SSSR count). The summed E-state index contributed by atoms with van der Waals surface area (Å²) in [5, 5.41) is 0. The van der Waals surface area contributed by atoms with Crippen molar-refractivity contribution in [3.8, 4) is 0 Å². The molecule has 0 saturated carbocycles. The Morgan fingerprint density at radius 1 is 1.18 bits per heavy atom. The number of hydrogen-bond acceptors (Lipinski definition) is 3. The third-order valence-electron chi connectivity index (χ3n) is 2.48. The number of benzene rings is 1. The molecule has 6 heteroatoms. The van der Waals surface area contributed by atoms with Gasteiger partial charge in [-0.3, -0.25) is 19.4 Å². The van der Waals surface area contributed by atoms with Gasteiger partial charge in [0.15, 0.2) is 0 Å². The lowest BCUT2D eigenvalue weighted by Crippen LogP contribution is -2.30. The average molecular weight is 297 g/mol. The summed E-state index contributed by atoms with van der Waals surface area (Å²) in [5.74, 6) is -1.57. The van der Waals surface area contributed by atoms with Crippen molar-refractivity contribution in [3.05, 3.63) is 34.3 Å². The minimum Gasteiger partial charge on any atom is -0.263 e. The van der Waals surface area contributed by atoms with Crippen LogP contribution in [0.5, 0.6) is 0 Å². The Kier molecular flexibility index (Phi) is 2.97. The van der Waals surface area contributed by atoms with E-state index in [1.54, 1.807) is 18.2 Å². The summed E-state index contributed by atoms with van der Waals surface area (Å²) in [6, 6.07) is 6.64. The maximum Gasteiger partial charge on any atom is 0.334 e. The van der Waals surface area contributed by atoms with E-state index < -0.39 is 17.8 Å². The molecule has 0 N–H and O–H groups in total. The van der Waals surface area contributed by atoms with Crippen LogP contribution in [0.25, 0.3) is 0 Å². The Balaban J connectivity index is 2.23. The molecule has 0 bridgehead atoms. The van der Waals surface area contributed by atoms with Gasteiger partial charge in [-0.1, -0.05) is 28.1 Å². The van der Waals surface area contributed by atoms with E-state index in [0.29, 0.717) is 0 Å². The highest BCUT2D eigenvalue weighted by atomic mass is 79.9. The predicted octanol–water partition coefficient (Wildman–Crippen LogP) is 1.37. The molecule has 0 aromatic heterocycles. The number of halogens is 1. The normalized spacial score (nSPS) is 16.0.